The van der Waals surface area contributed by atoms with Crippen molar-refractivity contribution < 1.29 is 17.9 Å². The van der Waals surface area contributed by atoms with Crippen LogP contribution in [0.4, 0.5) is 5.69 Å². The van der Waals surface area contributed by atoms with Gasteiger partial charge in [0.2, 0.25) is 0 Å². The summed E-state index contributed by atoms with van der Waals surface area (Å²) in [6.45, 7) is 2.34. The molecule has 7 nitrogen and oxygen atoms in total. The number of rotatable bonds is 7. The molecule has 0 spiro atoms. The summed E-state index contributed by atoms with van der Waals surface area (Å²) in [4.78, 5) is 12.3. The van der Waals surface area contributed by atoms with Crippen molar-refractivity contribution in [2.75, 3.05) is 31.5 Å². The van der Waals surface area contributed by atoms with Crippen LogP contribution in [-0.4, -0.2) is 41.1 Å². The minimum atomic E-state index is -3.85. The van der Waals surface area contributed by atoms with E-state index in [2.05, 4.69) is 15.4 Å². The summed E-state index contributed by atoms with van der Waals surface area (Å²) in [6, 6.07) is 12.7. The number of hydrogen-bond donors (Lipinski definition) is 3. The second-order valence-electron chi connectivity index (χ2n) is 6.07. The van der Waals surface area contributed by atoms with Gasteiger partial charge in [0, 0.05) is 31.1 Å². The molecule has 0 aliphatic carbocycles. The number of carbonyl (C=O) groups is 1. The number of carbonyl (C=O) groups excluding carboxylic acids is 1. The number of para-hydroxylation sites is 2. The Kier molecular flexibility index (Phi) is 5.43. The lowest BCUT2D eigenvalue weighted by atomic mass is 10.0. The summed E-state index contributed by atoms with van der Waals surface area (Å²) in [5.41, 5.74) is 0.641. The van der Waals surface area contributed by atoms with E-state index in [1.807, 2.05) is 0 Å². The fourth-order valence-corrected chi connectivity index (χ4v) is 3.68. The van der Waals surface area contributed by atoms with Crippen LogP contribution in [0.2, 0.25) is 0 Å². The minimum absolute atomic E-state index is 0.0152. The average molecular weight is 375 g/mol. The van der Waals surface area contributed by atoms with Crippen LogP contribution < -0.4 is 20.1 Å². The number of sulfonamides is 1. The molecule has 0 radical (unpaired) electrons. The first-order valence-corrected chi connectivity index (χ1v) is 9.73. The van der Waals surface area contributed by atoms with Crippen molar-refractivity contribution in [3.63, 3.8) is 0 Å². The lowest BCUT2D eigenvalue weighted by Crippen LogP contribution is -2.48. The highest BCUT2D eigenvalue weighted by molar-refractivity contribution is 7.92. The number of nitrogens with one attached hydrogen (secondary N) is 3. The van der Waals surface area contributed by atoms with Crippen molar-refractivity contribution in [1.29, 1.82) is 0 Å². The van der Waals surface area contributed by atoms with Gasteiger partial charge in [0.1, 0.15) is 5.75 Å². The van der Waals surface area contributed by atoms with Crippen LogP contribution in [0.3, 0.4) is 0 Å². The molecule has 1 aliphatic heterocycles. The van der Waals surface area contributed by atoms with E-state index >= 15 is 0 Å². The number of amides is 1. The lowest BCUT2D eigenvalue weighted by molar-refractivity contribution is 0.0942. The highest BCUT2D eigenvalue weighted by Gasteiger charge is 2.20. The lowest BCUT2D eigenvalue weighted by Gasteiger charge is -2.27. The van der Waals surface area contributed by atoms with Crippen LogP contribution >= 0.6 is 0 Å². The second kappa shape index (κ2) is 7.76. The Bertz CT molecular complexity index is 895. The summed E-state index contributed by atoms with van der Waals surface area (Å²) in [7, 11) is -2.38. The van der Waals surface area contributed by atoms with Gasteiger partial charge < -0.3 is 15.4 Å². The van der Waals surface area contributed by atoms with Crippen molar-refractivity contribution >= 4 is 21.6 Å². The van der Waals surface area contributed by atoms with E-state index in [9.17, 15) is 13.2 Å². The van der Waals surface area contributed by atoms with Crippen LogP contribution in [0.15, 0.2) is 53.4 Å². The Labute approximate surface area is 152 Å². The maximum absolute atomic E-state index is 12.7. The van der Waals surface area contributed by atoms with Crippen LogP contribution in [0.5, 0.6) is 5.75 Å². The minimum Gasteiger partial charge on any atom is -0.495 e. The maximum atomic E-state index is 12.7. The first-order valence-electron chi connectivity index (χ1n) is 8.24. The van der Waals surface area contributed by atoms with E-state index in [0.29, 0.717) is 29.5 Å². The maximum Gasteiger partial charge on any atom is 0.262 e. The van der Waals surface area contributed by atoms with Crippen LogP contribution in [-0.2, 0) is 10.0 Å². The van der Waals surface area contributed by atoms with Crippen LogP contribution in [0.1, 0.15) is 10.4 Å². The van der Waals surface area contributed by atoms with E-state index in [1.165, 1.54) is 19.2 Å². The smallest absolute Gasteiger partial charge is 0.262 e. The zero-order valence-corrected chi connectivity index (χ0v) is 15.2. The summed E-state index contributed by atoms with van der Waals surface area (Å²) in [5.74, 6) is 0.559. The summed E-state index contributed by atoms with van der Waals surface area (Å²) in [6.07, 6.45) is 0. The van der Waals surface area contributed by atoms with Gasteiger partial charge in [-0.2, -0.15) is 0 Å². The standard InChI is InChI=1S/C18H21N3O4S/c1-25-17-8-3-2-7-16(17)21-26(23,24)15-6-4-5-14(9-15)18(22)20-12-13-10-19-11-13/h2-9,13,19,21H,10-12H2,1H3,(H,20,22). The van der Waals surface area contributed by atoms with E-state index in [0.717, 1.165) is 13.1 Å². The molecule has 2 aromatic rings. The Morgan fingerprint density at radius 1 is 1.19 bits per heavy atom. The number of ether oxygens (including phenoxy) is 1. The number of methoxy groups -OCH3 is 1. The van der Waals surface area contributed by atoms with Gasteiger partial charge in [-0.05, 0) is 30.3 Å². The predicted molar refractivity (Wildman–Crippen MR) is 98.9 cm³/mol. The third-order valence-electron chi connectivity index (χ3n) is 4.18. The molecule has 0 atom stereocenters. The van der Waals surface area contributed by atoms with E-state index in [4.69, 9.17) is 4.74 Å². The van der Waals surface area contributed by atoms with Crippen molar-refractivity contribution in [2.45, 2.75) is 4.90 Å². The molecule has 0 saturated carbocycles. The fraction of sp³-hybridized carbons (Fsp3) is 0.278. The molecule has 1 fully saturated rings. The van der Waals surface area contributed by atoms with Gasteiger partial charge in [-0.15, -0.1) is 0 Å². The van der Waals surface area contributed by atoms with Gasteiger partial charge in [0.25, 0.3) is 15.9 Å². The molecule has 1 heterocycles. The van der Waals surface area contributed by atoms with Crippen LogP contribution in [0.25, 0.3) is 0 Å². The highest BCUT2D eigenvalue weighted by Crippen LogP contribution is 2.26. The normalized spacial score (nSPS) is 14.3. The third-order valence-corrected chi connectivity index (χ3v) is 5.54. The second-order valence-corrected chi connectivity index (χ2v) is 7.75. The average Bonchev–Trinajstić information content (AvgIpc) is 2.60. The van der Waals surface area contributed by atoms with Crippen molar-refractivity contribution in [1.82, 2.24) is 10.6 Å². The number of hydrogen-bond acceptors (Lipinski definition) is 5. The van der Waals surface area contributed by atoms with Gasteiger partial charge in [-0.3, -0.25) is 9.52 Å². The topological polar surface area (TPSA) is 96.5 Å². The molecule has 8 heteroatoms. The molecule has 3 rings (SSSR count). The Morgan fingerprint density at radius 3 is 2.65 bits per heavy atom. The number of anilines is 1. The first kappa shape index (κ1) is 18.2. The summed E-state index contributed by atoms with van der Waals surface area (Å²) >= 11 is 0. The van der Waals surface area contributed by atoms with Crippen LogP contribution in [0, 0.1) is 5.92 Å². The Hall–Kier alpha value is -2.58. The predicted octanol–water partition coefficient (Wildman–Crippen LogP) is 1.45. The van der Waals surface area contributed by atoms with Gasteiger partial charge in [0.05, 0.1) is 17.7 Å². The molecule has 2 aromatic carbocycles. The zero-order valence-electron chi connectivity index (χ0n) is 14.4. The van der Waals surface area contributed by atoms with E-state index in [-0.39, 0.29) is 10.8 Å². The molecular weight excluding hydrogens is 354 g/mol. The zero-order chi connectivity index (χ0) is 18.6. The summed E-state index contributed by atoms with van der Waals surface area (Å²) in [5, 5.41) is 5.97. The highest BCUT2D eigenvalue weighted by atomic mass is 32.2. The monoisotopic (exact) mass is 375 g/mol. The van der Waals surface area contributed by atoms with Gasteiger partial charge in [0.15, 0.2) is 0 Å². The molecule has 0 aromatic heterocycles. The van der Waals surface area contributed by atoms with Crippen molar-refractivity contribution in [3.05, 3.63) is 54.1 Å². The van der Waals surface area contributed by atoms with E-state index in [1.54, 1.807) is 36.4 Å². The SMILES string of the molecule is COc1ccccc1NS(=O)(=O)c1cccc(C(=O)NCC2CNC2)c1. The molecule has 1 aliphatic rings. The third kappa shape index (κ3) is 4.14. The Balaban J connectivity index is 1.76. The molecule has 1 saturated heterocycles. The largest absolute Gasteiger partial charge is 0.495 e. The number of benzene rings is 2. The first-order chi connectivity index (χ1) is 12.5. The fourth-order valence-electron chi connectivity index (χ4n) is 2.57. The molecule has 138 valence electrons. The molecule has 26 heavy (non-hydrogen) atoms. The molecular formula is C18H21N3O4S. The molecule has 1 amide bonds. The van der Waals surface area contributed by atoms with Gasteiger partial charge >= 0.3 is 0 Å². The van der Waals surface area contributed by atoms with Gasteiger partial charge in [-0.25, -0.2) is 8.42 Å². The molecule has 3 N–H and O–H groups in total. The molecule has 0 unspecified atom stereocenters. The summed E-state index contributed by atoms with van der Waals surface area (Å²) < 4.78 is 33.0. The quantitative estimate of drug-likeness (QED) is 0.681. The van der Waals surface area contributed by atoms with Gasteiger partial charge in [-0.1, -0.05) is 18.2 Å². The van der Waals surface area contributed by atoms with Crippen molar-refractivity contribution in [3.8, 4) is 5.75 Å². The Morgan fingerprint density at radius 2 is 1.96 bits per heavy atom. The van der Waals surface area contributed by atoms with E-state index < -0.39 is 10.0 Å². The van der Waals surface area contributed by atoms with Crippen molar-refractivity contribution in [2.24, 2.45) is 5.92 Å². The molecule has 0 bridgehead atoms.